The number of benzene rings is 2. The van der Waals surface area contributed by atoms with E-state index in [1.807, 2.05) is 76.2 Å². The summed E-state index contributed by atoms with van der Waals surface area (Å²) in [5, 5.41) is 5.64. The van der Waals surface area contributed by atoms with Crippen LogP contribution in [0.15, 0.2) is 48.5 Å². The Morgan fingerprint density at radius 1 is 1.07 bits per heavy atom. The number of amides is 2. The summed E-state index contributed by atoms with van der Waals surface area (Å²) in [6.45, 7) is 8.04. The molecule has 0 spiro atoms. The van der Waals surface area contributed by atoms with Crippen molar-refractivity contribution in [3.8, 4) is 0 Å². The van der Waals surface area contributed by atoms with Crippen LogP contribution in [0.4, 0.5) is 10.5 Å². The molecule has 0 bridgehead atoms. The molecule has 2 atom stereocenters. The summed E-state index contributed by atoms with van der Waals surface area (Å²) in [5.74, 6) is -0.270. The van der Waals surface area contributed by atoms with E-state index in [1.165, 1.54) is 0 Å². The van der Waals surface area contributed by atoms with Gasteiger partial charge in [-0.1, -0.05) is 68.3 Å². The average Bonchev–Trinajstić information content (AvgIpc) is 2.66. The lowest BCUT2D eigenvalue weighted by Crippen LogP contribution is -2.47. The van der Waals surface area contributed by atoms with Crippen LogP contribution in [0.5, 0.6) is 0 Å². The molecule has 0 saturated carbocycles. The molecule has 0 aromatic heterocycles. The molecule has 5 heteroatoms. The van der Waals surface area contributed by atoms with Crippen LogP contribution in [-0.4, -0.2) is 18.0 Å². The third kappa shape index (κ3) is 6.13. The number of ether oxygens (including phenoxy) is 1. The van der Waals surface area contributed by atoms with Gasteiger partial charge in [0.05, 0.1) is 0 Å². The standard InChI is InChI=1S/C22H28N2O3/c1-5-16(3)20(21(25)23-19-12-11-15(2)13-17(19)4)24-22(26)27-14-18-9-7-6-8-10-18/h6-13,16,20H,5,14H2,1-4H3,(H,23,25)(H,24,26)/t16-,20+/m0/s1. The lowest BCUT2D eigenvalue weighted by molar-refractivity contribution is -0.119. The van der Waals surface area contributed by atoms with Gasteiger partial charge in [0.2, 0.25) is 5.91 Å². The third-order valence-corrected chi connectivity index (χ3v) is 4.62. The summed E-state index contributed by atoms with van der Waals surface area (Å²) in [6, 6.07) is 14.6. The maximum Gasteiger partial charge on any atom is 0.408 e. The van der Waals surface area contributed by atoms with E-state index in [2.05, 4.69) is 10.6 Å². The summed E-state index contributed by atoms with van der Waals surface area (Å²) in [5.41, 5.74) is 3.76. The smallest absolute Gasteiger partial charge is 0.408 e. The summed E-state index contributed by atoms with van der Waals surface area (Å²) in [4.78, 5) is 25.0. The number of anilines is 1. The lowest BCUT2D eigenvalue weighted by Gasteiger charge is -2.23. The highest BCUT2D eigenvalue weighted by Gasteiger charge is 2.27. The predicted molar refractivity (Wildman–Crippen MR) is 108 cm³/mol. The second kappa shape index (κ2) is 9.76. The molecule has 0 fully saturated rings. The van der Waals surface area contributed by atoms with Crippen molar-refractivity contribution in [2.75, 3.05) is 5.32 Å². The van der Waals surface area contributed by atoms with Crippen molar-refractivity contribution in [1.29, 1.82) is 0 Å². The number of carbonyl (C=O) groups excluding carboxylic acids is 2. The zero-order valence-electron chi connectivity index (χ0n) is 16.4. The lowest BCUT2D eigenvalue weighted by atomic mass is 9.98. The Balaban J connectivity index is 2.00. The topological polar surface area (TPSA) is 67.4 Å². The highest BCUT2D eigenvalue weighted by Crippen LogP contribution is 2.18. The molecular formula is C22H28N2O3. The van der Waals surface area contributed by atoms with E-state index in [0.29, 0.717) is 0 Å². The van der Waals surface area contributed by atoms with Gasteiger partial charge in [-0.05, 0) is 37.0 Å². The minimum atomic E-state index is -0.668. The van der Waals surface area contributed by atoms with E-state index in [4.69, 9.17) is 4.74 Å². The molecule has 0 heterocycles. The van der Waals surface area contributed by atoms with Crippen molar-refractivity contribution >= 4 is 17.7 Å². The molecule has 0 aliphatic rings. The fraction of sp³-hybridized carbons (Fsp3) is 0.364. The Bertz CT molecular complexity index is 774. The van der Waals surface area contributed by atoms with Crippen LogP contribution in [0.25, 0.3) is 0 Å². The summed E-state index contributed by atoms with van der Waals surface area (Å²) in [7, 11) is 0. The van der Waals surface area contributed by atoms with Crippen molar-refractivity contribution in [1.82, 2.24) is 5.32 Å². The summed E-state index contributed by atoms with van der Waals surface area (Å²) in [6.07, 6.45) is 0.157. The third-order valence-electron chi connectivity index (χ3n) is 4.62. The number of hydrogen-bond donors (Lipinski definition) is 2. The van der Waals surface area contributed by atoms with E-state index >= 15 is 0 Å². The van der Waals surface area contributed by atoms with E-state index in [1.54, 1.807) is 0 Å². The Hall–Kier alpha value is -2.82. The molecular weight excluding hydrogens is 340 g/mol. The first-order valence-corrected chi connectivity index (χ1v) is 9.26. The molecule has 144 valence electrons. The maximum absolute atomic E-state index is 12.8. The quantitative estimate of drug-likeness (QED) is 0.751. The first kappa shape index (κ1) is 20.5. The first-order valence-electron chi connectivity index (χ1n) is 9.26. The van der Waals surface area contributed by atoms with E-state index < -0.39 is 12.1 Å². The van der Waals surface area contributed by atoms with Gasteiger partial charge < -0.3 is 15.4 Å². The van der Waals surface area contributed by atoms with Crippen LogP contribution in [0, 0.1) is 19.8 Å². The van der Waals surface area contributed by atoms with Crippen LogP contribution < -0.4 is 10.6 Å². The molecule has 27 heavy (non-hydrogen) atoms. The number of nitrogens with one attached hydrogen (secondary N) is 2. The van der Waals surface area contributed by atoms with Crippen LogP contribution in [-0.2, 0) is 16.1 Å². The van der Waals surface area contributed by atoms with Gasteiger partial charge in [-0.3, -0.25) is 4.79 Å². The van der Waals surface area contributed by atoms with Gasteiger partial charge in [-0.15, -0.1) is 0 Å². The second-order valence-electron chi connectivity index (χ2n) is 6.88. The van der Waals surface area contributed by atoms with Gasteiger partial charge in [0.1, 0.15) is 12.6 Å². The molecule has 0 unspecified atom stereocenters. The monoisotopic (exact) mass is 368 g/mol. The molecule has 5 nitrogen and oxygen atoms in total. The maximum atomic E-state index is 12.8. The van der Waals surface area contributed by atoms with E-state index in [9.17, 15) is 9.59 Å². The Kier molecular flexibility index (Phi) is 7.41. The highest BCUT2D eigenvalue weighted by atomic mass is 16.5. The average molecular weight is 368 g/mol. The molecule has 2 rings (SSSR count). The van der Waals surface area contributed by atoms with Gasteiger partial charge in [-0.2, -0.15) is 0 Å². The number of hydrogen-bond acceptors (Lipinski definition) is 3. The van der Waals surface area contributed by atoms with Crippen LogP contribution in [0.3, 0.4) is 0 Å². The van der Waals surface area contributed by atoms with Gasteiger partial charge in [0.25, 0.3) is 0 Å². The molecule has 0 aliphatic carbocycles. The minimum Gasteiger partial charge on any atom is -0.445 e. The Labute approximate surface area is 161 Å². The molecule has 2 amide bonds. The van der Waals surface area contributed by atoms with Crippen molar-refractivity contribution in [2.24, 2.45) is 5.92 Å². The van der Waals surface area contributed by atoms with E-state index in [0.717, 1.165) is 28.8 Å². The number of alkyl carbamates (subject to hydrolysis) is 1. The largest absolute Gasteiger partial charge is 0.445 e. The van der Waals surface area contributed by atoms with Crippen molar-refractivity contribution in [2.45, 2.75) is 46.8 Å². The first-order chi connectivity index (χ1) is 12.9. The second-order valence-corrected chi connectivity index (χ2v) is 6.88. The number of carbonyl (C=O) groups is 2. The number of aryl methyl sites for hydroxylation is 2. The van der Waals surface area contributed by atoms with Crippen LogP contribution >= 0.6 is 0 Å². The van der Waals surface area contributed by atoms with Crippen molar-refractivity contribution in [3.05, 3.63) is 65.2 Å². The van der Waals surface area contributed by atoms with Crippen molar-refractivity contribution in [3.63, 3.8) is 0 Å². The highest BCUT2D eigenvalue weighted by molar-refractivity contribution is 5.97. The Morgan fingerprint density at radius 3 is 2.41 bits per heavy atom. The normalized spacial score (nSPS) is 12.7. The van der Waals surface area contributed by atoms with E-state index in [-0.39, 0.29) is 18.4 Å². The fourth-order valence-corrected chi connectivity index (χ4v) is 2.76. The molecule has 0 saturated heterocycles. The summed E-state index contributed by atoms with van der Waals surface area (Å²) >= 11 is 0. The molecule has 2 aromatic carbocycles. The van der Waals surface area contributed by atoms with Gasteiger partial charge in [0.15, 0.2) is 0 Å². The molecule has 0 radical (unpaired) electrons. The van der Waals surface area contributed by atoms with Crippen LogP contribution in [0.1, 0.15) is 37.0 Å². The zero-order valence-corrected chi connectivity index (χ0v) is 16.4. The van der Waals surface area contributed by atoms with Gasteiger partial charge in [0, 0.05) is 5.69 Å². The minimum absolute atomic E-state index is 0.0278. The van der Waals surface area contributed by atoms with Gasteiger partial charge in [-0.25, -0.2) is 4.79 Å². The summed E-state index contributed by atoms with van der Waals surface area (Å²) < 4.78 is 5.26. The molecule has 2 N–H and O–H groups in total. The zero-order chi connectivity index (χ0) is 19.8. The molecule has 2 aromatic rings. The van der Waals surface area contributed by atoms with Crippen LogP contribution in [0.2, 0.25) is 0 Å². The van der Waals surface area contributed by atoms with Crippen molar-refractivity contribution < 1.29 is 14.3 Å². The number of rotatable bonds is 7. The predicted octanol–water partition coefficient (Wildman–Crippen LogP) is 4.58. The van der Waals surface area contributed by atoms with Gasteiger partial charge >= 0.3 is 6.09 Å². The fourth-order valence-electron chi connectivity index (χ4n) is 2.76. The SMILES string of the molecule is CC[C@H](C)[C@@H](NC(=O)OCc1ccccc1)C(=O)Nc1ccc(C)cc1C. The molecule has 0 aliphatic heterocycles. The Morgan fingerprint density at radius 2 is 1.78 bits per heavy atom.